The van der Waals surface area contributed by atoms with Crippen LogP contribution in [0.4, 0.5) is 0 Å². The number of aliphatic hydroxyl groups excluding tert-OH is 1. The van der Waals surface area contributed by atoms with E-state index < -0.39 is 108 Å². The zero-order valence-electron chi connectivity index (χ0n) is 40.4. The van der Waals surface area contributed by atoms with Crippen LogP contribution in [0, 0.1) is 29.6 Å². The van der Waals surface area contributed by atoms with E-state index in [0.29, 0.717) is 0 Å². The summed E-state index contributed by atoms with van der Waals surface area (Å²) in [5, 5.41) is 23.3. The highest BCUT2D eigenvalue weighted by Gasteiger charge is 2.70. The number of ether oxygens (including phenoxy) is 8. The van der Waals surface area contributed by atoms with E-state index in [0.717, 1.165) is 19.4 Å². The van der Waals surface area contributed by atoms with Gasteiger partial charge in [0.25, 0.3) is 0 Å². The van der Waals surface area contributed by atoms with Crippen LogP contribution in [0.5, 0.6) is 0 Å². The van der Waals surface area contributed by atoms with E-state index in [1.54, 1.807) is 41.7 Å². The molecule has 19 atom stereocenters. The van der Waals surface area contributed by atoms with Gasteiger partial charge >= 0.3 is 11.9 Å². The fourth-order valence-corrected chi connectivity index (χ4v) is 10.8. The van der Waals surface area contributed by atoms with Gasteiger partial charge in [-0.25, -0.2) is 0 Å². The normalized spacial score (nSPS) is 44.1. The minimum Gasteiger partial charge on any atom is -0.458 e. The molecule has 1 saturated carbocycles. The summed E-state index contributed by atoms with van der Waals surface area (Å²) in [5.74, 6) is -5.33. The minimum atomic E-state index is -1.82. The summed E-state index contributed by atoms with van der Waals surface area (Å²) in [5.41, 5.74) is -2.80. The van der Waals surface area contributed by atoms with Crippen LogP contribution in [0.2, 0.25) is 0 Å². The number of likely N-dealkylation sites (N-methyl/N-ethyl adjacent to an activating group) is 2. The van der Waals surface area contributed by atoms with Gasteiger partial charge in [0.1, 0.15) is 23.1 Å². The van der Waals surface area contributed by atoms with Gasteiger partial charge in [0.05, 0.1) is 48.1 Å². The van der Waals surface area contributed by atoms with Crippen molar-refractivity contribution < 1.29 is 62.5 Å². The van der Waals surface area contributed by atoms with Gasteiger partial charge in [0.2, 0.25) is 0 Å². The largest absolute Gasteiger partial charge is 0.458 e. The predicted octanol–water partition coefficient (Wildman–Crippen LogP) is 4.41. The number of nitrogens with zero attached hydrogens (tertiary/aromatic N) is 2. The van der Waals surface area contributed by atoms with E-state index in [2.05, 4.69) is 41.1 Å². The van der Waals surface area contributed by atoms with Crippen molar-refractivity contribution in [1.82, 2.24) is 9.80 Å². The third kappa shape index (κ3) is 10.8. The molecule has 15 heteroatoms. The lowest BCUT2D eigenvalue weighted by Crippen LogP contribution is -2.64. The number of hydrogen-bond acceptors (Lipinski definition) is 15. The highest BCUT2D eigenvalue weighted by Crippen LogP contribution is 2.52. The average molecular weight is 891 g/mol. The second kappa shape index (κ2) is 20.5. The molecular weight excluding hydrogens is 813 g/mol. The number of carbonyl (C=O) groups is 3. The molecule has 5 rings (SSSR count). The molecule has 358 valence electrons. The Morgan fingerprint density at radius 1 is 0.873 bits per heavy atom. The Bertz CT molecular complexity index is 1700. The van der Waals surface area contributed by atoms with Gasteiger partial charge in [0.15, 0.2) is 18.7 Å². The van der Waals surface area contributed by atoms with Crippen molar-refractivity contribution in [1.29, 1.82) is 0 Å². The van der Waals surface area contributed by atoms with Crippen molar-refractivity contribution in [3.8, 4) is 0 Å². The van der Waals surface area contributed by atoms with Crippen LogP contribution >= 0.6 is 0 Å². The van der Waals surface area contributed by atoms with E-state index in [-0.39, 0.29) is 36.8 Å². The molecule has 1 aromatic rings. The Hall–Kier alpha value is -2.57. The molecule has 63 heavy (non-hydrogen) atoms. The number of hydrogen-bond donors (Lipinski definition) is 2. The first-order chi connectivity index (χ1) is 29.4. The van der Waals surface area contributed by atoms with Crippen molar-refractivity contribution in [2.45, 2.75) is 179 Å². The highest BCUT2D eigenvalue weighted by molar-refractivity contribution is 5.84. The summed E-state index contributed by atoms with van der Waals surface area (Å²) in [6, 6.07) is 10.2. The molecule has 15 nitrogen and oxygen atoms in total. The molecule has 0 aromatic heterocycles. The number of benzene rings is 1. The molecule has 0 spiro atoms. The van der Waals surface area contributed by atoms with Crippen molar-refractivity contribution in [2.24, 2.45) is 29.6 Å². The lowest BCUT2D eigenvalue weighted by atomic mass is 9.75. The maximum absolute atomic E-state index is 14.4. The topological polar surface area (TPSA) is 172 Å². The Labute approximate surface area is 375 Å². The number of carbonyl (C=O) groups excluding carboxylic acids is 3. The molecule has 3 aliphatic heterocycles. The number of Topliss-reactive ketones (excluding diaryl/α,β-unsaturated/α-hetero) is 1. The minimum absolute atomic E-state index is 0.0251. The third-order valence-corrected chi connectivity index (χ3v) is 15.0. The van der Waals surface area contributed by atoms with Crippen LogP contribution in [-0.4, -0.2) is 164 Å². The Kier molecular flexibility index (Phi) is 16.7. The van der Waals surface area contributed by atoms with Gasteiger partial charge < -0.3 is 57.9 Å². The van der Waals surface area contributed by atoms with Crippen molar-refractivity contribution in [2.75, 3.05) is 41.9 Å². The third-order valence-electron chi connectivity index (χ3n) is 15.0. The second-order valence-corrected chi connectivity index (χ2v) is 19.9. The molecule has 0 bridgehead atoms. The Morgan fingerprint density at radius 3 is 2.08 bits per heavy atom. The van der Waals surface area contributed by atoms with Crippen LogP contribution in [-0.2, 0) is 58.7 Å². The molecule has 4 fully saturated rings. The van der Waals surface area contributed by atoms with Crippen LogP contribution < -0.4 is 0 Å². The average Bonchev–Trinajstić information content (AvgIpc) is 3.77. The number of methoxy groups -OCH3 is 2. The first-order valence-corrected chi connectivity index (χ1v) is 22.9. The fourth-order valence-electron chi connectivity index (χ4n) is 10.8. The van der Waals surface area contributed by atoms with E-state index in [1.807, 2.05) is 47.9 Å². The zero-order chi connectivity index (χ0) is 46.9. The maximum atomic E-state index is 14.4. The number of rotatable bonds is 12. The molecular formula is C48H78N2O13. The van der Waals surface area contributed by atoms with Gasteiger partial charge in [0, 0.05) is 63.8 Å². The Morgan fingerprint density at radius 2 is 1.49 bits per heavy atom. The van der Waals surface area contributed by atoms with E-state index in [9.17, 15) is 24.6 Å². The summed E-state index contributed by atoms with van der Waals surface area (Å²) in [6.07, 6.45) is -5.81. The van der Waals surface area contributed by atoms with Gasteiger partial charge in [-0.2, -0.15) is 0 Å². The van der Waals surface area contributed by atoms with E-state index in [4.69, 9.17) is 37.9 Å². The molecule has 1 aromatic carbocycles. The fraction of sp³-hybridized carbons (Fsp3) is 0.812. The first-order valence-electron chi connectivity index (χ1n) is 22.9. The number of esters is 2. The summed E-state index contributed by atoms with van der Waals surface area (Å²) in [6.45, 7) is 18.4. The smallest absolute Gasteiger partial charge is 0.311 e. The van der Waals surface area contributed by atoms with Crippen LogP contribution in [0.25, 0.3) is 0 Å². The Balaban J connectivity index is 1.58. The molecule has 3 saturated heterocycles. The number of fused-ring (bicyclic) bond motifs is 1. The van der Waals surface area contributed by atoms with Crippen LogP contribution in [0.1, 0.15) is 94.1 Å². The molecule has 1 unspecified atom stereocenters. The van der Waals surface area contributed by atoms with Gasteiger partial charge in [-0.15, -0.1) is 0 Å². The van der Waals surface area contributed by atoms with Crippen molar-refractivity contribution in [3.63, 3.8) is 0 Å². The lowest BCUT2D eigenvalue weighted by molar-refractivity contribution is -0.315. The van der Waals surface area contributed by atoms with E-state index >= 15 is 0 Å². The van der Waals surface area contributed by atoms with Crippen molar-refractivity contribution in [3.05, 3.63) is 35.9 Å². The molecule has 4 aliphatic rings. The second-order valence-electron chi connectivity index (χ2n) is 19.9. The van der Waals surface area contributed by atoms with Crippen LogP contribution in [0.3, 0.4) is 0 Å². The number of aliphatic hydroxyl groups is 2. The molecule has 3 heterocycles. The molecule has 0 amide bonds. The summed E-state index contributed by atoms with van der Waals surface area (Å²) >= 11 is 0. The summed E-state index contributed by atoms with van der Waals surface area (Å²) in [7, 11) is 9.28. The SMILES string of the molecule is CO[C@]1(C)C[C@H](O[C@H]2[C@H](C)[C@@H](O[C@@H]3O[C@H](C)C[C@@H](N(C)CCc4ccccc4)[C@@H]3N(C)C)[C@@](C)(OC)C[C@@H](C)C(=O)[C@H](C)[C@@H](O)[C@@]3(O)C(C)[C@H]3OC(=O)[C@@H]2C)O[C@@H](C)[C@@H]1OC(C)=O. The predicted molar refractivity (Wildman–Crippen MR) is 234 cm³/mol. The van der Waals surface area contributed by atoms with Gasteiger partial charge in [-0.3, -0.25) is 14.4 Å². The lowest BCUT2D eigenvalue weighted by Gasteiger charge is -2.51. The highest BCUT2D eigenvalue weighted by atomic mass is 16.7. The monoisotopic (exact) mass is 891 g/mol. The zero-order valence-corrected chi connectivity index (χ0v) is 40.4. The van der Waals surface area contributed by atoms with Gasteiger partial charge in [-0.1, -0.05) is 58.0 Å². The molecule has 0 radical (unpaired) electrons. The quantitative estimate of drug-likeness (QED) is 0.283. The summed E-state index contributed by atoms with van der Waals surface area (Å²) in [4.78, 5) is 45.4. The van der Waals surface area contributed by atoms with Crippen molar-refractivity contribution >= 4 is 17.7 Å². The summed E-state index contributed by atoms with van der Waals surface area (Å²) < 4.78 is 51.7. The number of ketones is 1. The molecule has 2 N–H and O–H groups in total. The molecule has 1 aliphatic carbocycles. The maximum Gasteiger partial charge on any atom is 0.311 e. The first kappa shape index (κ1) is 51.4. The van der Waals surface area contributed by atoms with E-state index in [1.165, 1.54) is 19.6 Å². The standard InChI is InChI=1S/C48H78N2O13/c1-26-24-46(9,56-14)41(63-45-37(49(11)12)35(23-27(2)58-45)50(13)22-21-34-19-17-16-18-20-34)29(4)39(61-36-25-47(10,57-15)43(32(7)59-36)60-33(8)51)30(5)44(54)62-42-31(6)48(42,55)40(53)28(3)38(26)52/h16-20,26-32,35-37,39-43,45,53,55H,21-25H2,1-15H3/t26-,27-,28+,29+,30-,31?,32+,35-,36+,37+,39+,40-,41-,42-,43+,45+,46+,47-,48+/m1/s1. The van der Waals surface area contributed by atoms with Crippen LogP contribution in [0.15, 0.2) is 30.3 Å². The van der Waals surface area contributed by atoms with Gasteiger partial charge in [-0.05, 0) is 80.6 Å².